The fourth-order valence-electron chi connectivity index (χ4n) is 1.03. The molecule has 0 saturated heterocycles. The quantitative estimate of drug-likeness (QED) is 0.833. The van der Waals surface area contributed by atoms with Crippen LogP contribution in [0, 0.1) is 18.2 Å². The van der Waals surface area contributed by atoms with Crippen LogP contribution in [0.25, 0.3) is 0 Å². The van der Waals surface area contributed by atoms with Crippen LogP contribution in [0.3, 0.4) is 0 Å². The first-order chi connectivity index (χ1) is 7.54. The molecule has 1 rings (SSSR count). The topological polar surface area (TPSA) is 55.1 Å². The number of hydrogen-bond acceptors (Lipinski definition) is 2. The third kappa shape index (κ3) is 3.33. The molecule has 1 aromatic rings. The molecule has 0 aromatic heterocycles. The largest absolute Gasteiger partial charge is 0.325 e. The number of carbonyl (C=O) groups excluding carboxylic acids is 1. The van der Waals surface area contributed by atoms with Crippen LogP contribution < -0.4 is 11.1 Å². The number of terminal acetylenes is 1. The van der Waals surface area contributed by atoms with Gasteiger partial charge in [-0.05, 0) is 34.1 Å². The van der Waals surface area contributed by atoms with Gasteiger partial charge in [-0.3, -0.25) is 4.79 Å². The zero-order valence-electron chi connectivity index (χ0n) is 8.34. The molecule has 0 bridgehead atoms. The van der Waals surface area contributed by atoms with Gasteiger partial charge in [0.05, 0.1) is 10.5 Å². The standard InChI is InChI=1S/C11H10BrFN2O/c1-2-3-10(14)11(16)15-7-4-5-9(13)8(12)6-7/h1,4-6,10H,3,14H2,(H,15,16). The van der Waals surface area contributed by atoms with E-state index in [-0.39, 0.29) is 10.9 Å². The minimum atomic E-state index is -0.756. The van der Waals surface area contributed by atoms with Crippen molar-refractivity contribution in [2.45, 2.75) is 12.5 Å². The molecule has 1 unspecified atom stereocenters. The molecule has 1 amide bonds. The molecule has 5 heteroatoms. The van der Waals surface area contributed by atoms with E-state index in [2.05, 4.69) is 27.2 Å². The summed E-state index contributed by atoms with van der Waals surface area (Å²) >= 11 is 3.01. The molecule has 1 aromatic carbocycles. The Labute approximate surface area is 101 Å². The van der Waals surface area contributed by atoms with Gasteiger partial charge >= 0.3 is 0 Å². The molecule has 16 heavy (non-hydrogen) atoms. The molecule has 0 fully saturated rings. The SMILES string of the molecule is C#CCC(N)C(=O)Nc1ccc(F)c(Br)c1. The van der Waals surface area contributed by atoms with Crippen molar-refractivity contribution in [2.24, 2.45) is 5.73 Å². The van der Waals surface area contributed by atoms with Crippen molar-refractivity contribution in [1.29, 1.82) is 0 Å². The van der Waals surface area contributed by atoms with Gasteiger partial charge in [-0.2, -0.15) is 0 Å². The predicted octanol–water partition coefficient (Wildman–Crippen LogP) is 1.88. The van der Waals surface area contributed by atoms with Crippen LogP contribution in [0.5, 0.6) is 0 Å². The van der Waals surface area contributed by atoms with E-state index in [1.54, 1.807) is 0 Å². The van der Waals surface area contributed by atoms with Crippen molar-refractivity contribution in [3.8, 4) is 12.3 Å². The van der Waals surface area contributed by atoms with E-state index in [1.165, 1.54) is 18.2 Å². The number of rotatable bonds is 3. The molecular formula is C11H10BrFN2O. The summed E-state index contributed by atoms with van der Waals surface area (Å²) in [7, 11) is 0. The maximum absolute atomic E-state index is 12.9. The van der Waals surface area contributed by atoms with E-state index < -0.39 is 17.8 Å². The molecule has 84 valence electrons. The van der Waals surface area contributed by atoms with Gasteiger partial charge in [0.15, 0.2) is 0 Å². The molecule has 0 saturated carbocycles. The molecule has 0 aliphatic carbocycles. The summed E-state index contributed by atoms with van der Waals surface area (Å²) in [6, 6.07) is 3.39. The van der Waals surface area contributed by atoms with Crippen LogP contribution in [0.4, 0.5) is 10.1 Å². The zero-order chi connectivity index (χ0) is 12.1. The van der Waals surface area contributed by atoms with Gasteiger partial charge in [-0.1, -0.05) is 0 Å². The fraction of sp³-hybridized carbons (Fsp3) is 0.182. The summed E-state index contributed by atoms with van der Waals surface area (Å²) in [5, 5.41) is 2.54. The second kappa shape index (κ2) is 5.64. The Morgan fingerprint density at radius 3 is 2.94 bits per heavy atom. The highest BCUT2D eigenvalue weighted by atomic mass is 79.9. The Morgan fingerprint density at radius 2 is 2.38 bits per heavy atom. The minimum Gasteiger partial charge on any atom is -0.325 e. The number of nitrogens with two attached hydrogens (primary N) is 1. The van der Waals surface area contributed by atoms with Gasteiger partial charge in [0, 0.05) is 12.1 Å². The Kier molecular flexibility index (Phi) is 4.47. The van der Waals surface area contributed by atoms with Gasteiger partial charge in [-0.15, -0.1) is 12.3 Å². The van der Waals surface area contributed by atoms with Crippen LogP contribution in [-0.4, -0.2) is 11.9 Å². The summed E-state index contributed by atoms with van der Waals surface area (Å²) in [6.45, 7) is 0. The molecule has 3 N–H and O–H groups in total. The van der Waals surface area contributed by atoms with E-state index in [4.69, 9.17) is 12.2 Å². The molecule has 0 aliphatic heterocycles. The molecule has 0 spiro atoms. The highest BCUT2D eigenvalue weighted by Crippen LogP contribution is 2.20. The Hall–Kier alpha value is -1.38. The van der Waals surface area contributed by atoms with Crippen molar-refractivity contribution < 1.29 is 9.18 Å². The second-order valence-corrected chi connectivity index (χ2v) is 3.99. The summed E-state index contributed by atoms with van der Waals surface area (Å²) in [5.74, 6) is 1.51. The smallest absolute Gasteiger partial charge is 0.242 e. The van der Waals surface area contributed by atoms with Crippen molar-refractivity contribution in [2.75, 3.05) is 5.32 Å². The lowest BCUT2D eigenvalue weighted by Crippen LogP contribution is -2.35. The highest BCUT2D eigenvalue weighted by molar-refractivity contribution is 9.10. The molecule has 0 radical (unpaired) electrons. The van der Waals surface area contributed by atoms with Gasteiger partial charge in [0.2, 0.25) is 5.91 Å². The number of benzene rings is 1. The van der Waals surface area contributed by atoms with Gasteiger partial charge in [0.1, 0.15) is 5.82 Å². The van der Waals surface area contributed by atoms with Crippen molar-refractivity contribution in [3.63, 3.8) is 0 Å². The number of halogens is 2. The van der Waals surface area contributed by atoms with Crippen molar-refractivity contribution >= 4 is 27.5 Å². The summed E-state index contributed by atoms with van der Waals surface area (Å²) in [6.07, 6.45) is 5.20. The maximum Gasteiger partial charge on any atom is 0.242 e. The first kappa shape index (κ1) is 12.7. The van der Waals surface area contributed by atoms with E-state index in [0.717, 1.165) is 0 Å². The lowest BCUT2D eigenvalue weighted by molar-refractivity contribution is -0.117. The molecule has 0 aliphatic rings. The van der Waals surface area contributed by atoms with Gasteiger partial charge < -0.3 is 11.1 Å². The molecule has 3 nitrogen and oxygen atoms in total. The third-order valence-corrected chi connectivity index (χ3v) is 2.47. The van der Waals surface area contributed by atoms with E-state index >= 15 is 0 Å². The maximum atomic E-state index is 12.9. The number of carbonyl (C=O) groups is 1. The molecule has 0 heterocycles. The molecular weight excluding hydrogens is 275 g/mol. The second-order valence-electron chi connectivity index (χ2n) is 3.13. The van der Waals surface area contributed by atoms with Gasteiger partial charge in [0.25, 0.3) is 0 Å². The van der Waals surface area contributed by atoms with Crippen LogP contribution in [0.15, 0.2) is 22.7 Å². The Morgan fingerprint density at radius 1 is 1.69 bits per heavy atom. The van der Waals surface area contributed by atoms with Crippen LogP contribution in [-0.2, 0) is 4.79 Å². The lowest BCUT2D eigenvalue weighted by Gasteiger charge is -2.09. The Bertz CT molecular complexity index is 442. The third-order valence-electron chi connectivity index (χ3n) is 1.86. The first-order valence-electron chi connectivity index (χ1n) is 4.49. The first-order valence-corrected chi connectivity index (χ1v) is 5.29. The lowest BCUT2D eigenvalue weighted by atomic mass is 10.2. The van der Waals surface area contributed by atoms with Crippen molar-refractivity contribution in [3.05, 3.63) is 28.5 Å². The summed E-state index contributed by atoms with van der Waals surface area (Å²) in [5.41, 5.74) is 5.97. The van der Waals surface area contributed by atoms with Gasteiger partial charge in [-0.25, -0.2) is 4.39 Å². The van der Waals surface area contributed by atoms with E-state index in [9.17, 15) is 9.18 Å². The summed E-state index contributed by atoms with van der Waals surface area (Å²) in [4.78, 5) is 11.5. The number of nitrogens with one attached hydrogen (secondary N) is 1. The fourth-order valence-corrected chi connectivity index (χ4v) is 1.41. The van der Waals surface area contributed by atoms with E-state index in [0.29, 0.717) is 5.69 Å². The average Bonchev–Trinajstić information content (AvgIpc) is 2.24. The van der Waals surface area contributed by atoms with Crippen LogP contribution >= 0.6 is 15.9 Å². The van der Waals surface area contributed by atoms with Crippen molar-refractivity contribution in [1.82, 2.24) is 0 Å². The minimum absolute atomic E-state index is 0.161. The van der Waals surface area contributed by atoms with Crippen LogP contribution in [0.1, 0.15) is 6.42 Å². The monoisotopic (exact) mass is 284 g/mol. The number of anilines is 1. The zero-order valence-corrected chi connectivity index (χ0v) is 9.92. The number of hydrogen-bond donors (Lipinski definition) is 2. The number of amides is 1. The van der Waals surface area contributed by atoms with E-state index in [1.807, 2.05) is 0 Å². The predicted molar refractivity (Wildman–Crippen MR) is 64.2 cm³/mol. The Balaban J connectivity index is 2.70. The highest BCUT2D eigenvalue weighted by Gasteiger charge is 2.12. The van der Waals surface area contributed by atoms with Crippen LogP contribution in [0.2, 0.25) is 0 Å². The molecule has 1 atom stereocenters. The normalized spacial score (nSPS) is 11.6. The summed E-state index contributed by atoms with van der Waals surface area (Å²) < 4.78 is 13.2. The average molecular weight is 285 g/mol.